The van der Waals surface area contributed by atoms with Gasteiger partial charge >= 0.3 is 12.5 Å². The van der Waals surface area contributed by atoms with Gasteiger partial charge in [0.2, 0.25) is 89.1 Å². The van der Waals surface area contributed by atoms with Crippen molar-refractivity contribution in [1.82, 2.24) is 105 Å². The van der Waals surface area contributed by atoms with Crippen LogP contribution in [0.3, 0.4) is 0 Å². The number of aromatic nitrogens is 21. The van der Waals surface area contributed by atoms with E-state index in [1.165, 1.54) is 56.2 Å². The summed E-state index contributed by atoms with van der Waals surface area (Å²) in [5, 5.41) is 38.0. The fourth-order valence-corrected chi connectivity index (χ4v) is 17.0. The number of H-pyrrole nitrogens is 1. The molecule has 0 saturated heterocycles. The van der Waals surface area contributed by atoms with Crippen LogP contribution >= 0.6 is 0 Å². The highest BCUT2D eigenvalue weighted by Gasteiger charge is 2.49. The number of hydrogen-bond acceptors (Lipinski definition) is 34. The molecule has 10 aromatic rings. The van der Waals surface area contributed by atoms with Gasteiger partial charge in [0.1, 0.15) is 29.0 Å². The molecule has 0 aliphatic heterocycles. The van der Waals surface area contributed by atoms with Crippen LogP contribution in [0.1, 0.15) is 217 Å². The normalized spacial score (nSPS) is 20.0. The van der Waals surface area contributed by atoms with Crippen LogP contribution < -0.4 is 57.9 Å². The molecule has 35 nitrogen and oxygen atoms in total. The maximum absolute atomic E-state index is 13.5. The molecule has 0 spiro atoms. The Balaban J connectivity index is 0.000000138. The molecule has 0 aromatic carbocycles. The molecule has 9 fully saturated rings. The minimum atomic E-state index is -4.95. The molecule has 0 bridgehead atoms. The molecule has 798 valence electrons. The van der Waals surface area contributed by atoms with Gasteiger partial charge in [-0.25, -0.2) is 67.6 Å². The third-order valence-electron chi connectivity index (χ3n) is 26.0. The van der Waals surface area contributed by atoms with Crippen LogP contribution in [0.25, 0.3) is 57.3 Å². The van der Waals surface area contributed by atoms with Gasteiger partial charge in [-0.1, -0.05) is 12.1 Å². The smallest absolute Gasteiger partial charge is 0.449 e. The van der Waals surface area contributed by atoms with E-state index in [1.807, 2.05) is 40.1 Å². The van der Waals surface area contributed by atoms with E-state index in [-0.39, 0.29) is 209 Å². The summed E-state index contributed by atoms with van der Waals surface area (Å²) in [6.45, 7) is 15.1. The number of oxazole rings is 1. The minimum Gasteiger partial charge on any atom is -0.449 e. The van der Waals surface area contributed by atoms with E-state index < -0.39 is 71.7 Å². The minimum absolute atomic E-state index is 0.0119. The highest BCUT2D eigenvalue weighted by Crippen LogP contribution is 2.45. The summed E-state index contributed by atoms with van der Waals surface area (Å²) < 4.78 is 256. The molecular weight excluding hydrogens is 1970 g/mol. The standard InChI is InChI=1S/C21H23F7N6O.C20H27F3N6O2.C19H25F4N7.C19H26N6.C15H16F4N6O/c22-19(23)8-4-12(5-9-19)29-17-32-16(14-2-1-3-15(31-14)35-21(26,27)28)33-18(34-17)30-13-6-10-20(24,25)11-7-13;1-12(11-31-10-9-30-3)24-18-27-17(15-5-4-6-16(26-15)20(21,22)23)28-19(29-18)25-13(2)14-7-8-14;1-11-14(10-24-30-11)15-27-16(25-12-2-6-18(20,21)7-3-12)29-17(28-15)26-13-4-8-19(22,23)9-5-13;1-11-8-16(10-20-9-11)17-23-18(21-12(2)14-4-5-14)25-19(24-17)22-13(3)15-6-7-15;1-7-20-10(6-26-7)11-23-12(21-8-2-14(16,17)3-8)25-13(24-11)22-9-4-15(18,19)5-9/h1-3,12-13H,4-11H2,(H2,29,30,32,33,34);4-6,12-14H,7-11H2,1-3H3,(H2,24,25,27,28,29);10,12-13H,2-9H2,1H3,(H,24,30)(H2,25,26,27,28,29);8-10,12-15H,4-7H2,1-3H3,(H2,21,22,23,24,25);6,8-9H,2-5H2,1H3,(H2,21,22,23,24,25)/t;12?,13-;;12-,13-;/m.1.1./s1. The molecule has 1 unspecified atom stereocenters. The van der Waals surface area contributed by atoms with E-state index in [1.54, 1.807) is 20.2 Å². The Kier molecular flexibility index (Phi) is 34.3. The van der Waals surface area contributed by atoms with Crippen LogP contribution in [0.2, 0.25) is 0 Å². The molecule has 0 radical (unpaired) electrons. The Labute approximate surface area is 833 Å². The van der Waals surface area contributed by atoms with Gasteiger partial charge in [0.15, 0.2) is 35.0 Å². The van der Waals surface area contributed by atoms with Gasteiger partial charge in [0, 0.05) is 181 Å². The number of aryl methyl sites for hydroxylation is 3. The van der Waals surface area contributed by atoms with E-state index in [4.69, 9.17) is 13.9 Å². The van der Waals surface area contributed by atoms with Crippen molar-refractivity contribution in [2.45, 2.75) is 324 Å². The summed E-state index contributed by atoms with van der Waals surface area (Å²) >= 11 is 0. The molecule has 0 amide bonds. The topological polar surface area (TPSA) is 435 Å². The molecule has 19 rings (SSSR count). The van der Waals surface area contributed by atoms with Crippen molar-refractivity contribution in [3.8, 4) is 63.2 Å². The van der Waals surface area contributed by atoms with E-state index in [0.29, 0.717) is 110 Å². The van der Waals surface area contributed by atoms with Crippen molar-refractivity contribution < 1.29 is 97.7 Å². The van der Waals surface area contributed by atoms with Crippen LogP contribution in [0.5, 0.6) is 5.88 Å². The summed E-state index contributed by atoms with van der Waals surface area (Å²) in [6, 6.07) is 8.21. The van der Waals surface area contributed by atoms with Crippen LogP contribution in [0.4, 0.5) is 139 Å². The Bertz CT molecular complexity index is 5790. The largest absolute Gasteiger partial charge is 0.574 e. The Morgan fingerprint density at radius 2 is 0.755 bits per heavy atom. The monoisotopic (exact) mass is 2090 g/mol. The zero-order valence-corrected chi connectivity index (χ0v) is 81.7. The molecular formula is C94H117F18N31O4. The zero-order valence-electron chi connectivity index (χ0n) is 81.7. The van der Waals surface area contributed by atoms with Crippen molar-refractivity contribution >= 4 is 59.5 Å². The van der Waals surface area contributed by atoms with E-state index in [0.717, 1.165) is 53.6 Å². The molecule has 10 aromatic heterocycles. The lowest BCUT2D eigenvalue weighted by atomic mass is 9.88. The fourth-order valence-electron chi connectivity index (χ4n) is 17.0. The van der Waals surface area contributed by atoms with E-state index in [9.17, 15) is 79.0 Å². The second-order valence-electron chi connectivity index (χ2n) is 39.0. The van der Waals surface area contributed by atoms with E-state index >= 15 is 0 Å². The number of methoxy groups -OCH3 is 1. The van der Waals surface area contributed by atoms with Gasteiger partial charge in [-0.3, -0.25) is 10.1 Å². The van der Waals surface area contributed by atoms with Crippen molar-refractivity contribution in [2.24, 2.45) is 17.8 Å². The lowest BCUT2D eigenvalue weighted by Crippen LogP contribution is -2.45. The number of rotatable bonds is 34. The summed E-state index contributed by atoms with van der Waals surface area (Å²) in [7, 11) is 1.59. The highest BCUT2D eigenvalue weighted by atomic mass is 19.4. The summed E-state index contributed by atoms with van der Waals surface area (Å²) in [5.74, 6) is -10.6. The summed E-state index contributed by atoms with van der Waals surface area (Å²) in [6.07, 6.45) is 3.30. The average molecular weight is 2090 g/mol. The second-order valence-corrected chi connectivity index (χ2v) is 39.0. The van der Waals surface area contributed by atoms with Gasteiger partial charge in [-0.15, -0.1) is 13.2 Å². The summed E-state index contributed by atoms with van der Waals surface area (Å²) in [5.41, 5.74) is 2.79. The van der Waals surface area contributed by atoms with Gasteiger partial charge < -0.3 is 71.8 Å². The SMILES string of the molecule is COCCOCC(C)Nc1nc(N[C@H](C)C2CC2)nc(-c2cccc(C(F)(F)F)n2)n1.Cc1[nH]ncc1-c1nc(NC2CCC(F)(F)CC2)nc(NC2CCC(F)(F)CC2)n1.Cc1cncc(-c2nc(N[C@H](C)C3CC3)nc(N[C@H](C)C3CC3)n2)c1.Cc1nc(-c2nc(NC3CC(F)(F)C3)nc(NC3CC(F)(F)C3)n2)co1.FC1(F)CCC(Nc2nc(NC3CCC(F)(F)CC3)nc(-c3cccc(OC(F)(F)F)n3)n2)CC1. The molecule has 11 N–H and O–H groups in total. The van der Waals surface area contributed by atoms with Crippen molar-refractivity contribution in [3.63, 3.8) is 0 Å². The van der Waals surface area contributed by atoms with Crippen molar-refractivity contribution in [2.75, 3.05) is 80.1 Å². The first-order chi connectivity index (χ1) is 69.6. The summed E-state index contributed by atoms with van der Waals surface area (Å²) in [4.78, 5) is 81.2. The predicted octanol–water partition coefficient (Wildman–Crippen LogP) is 20.9. The van der Waals surface area contributed by atoms with E-state index in [2.05, 4.69) is 183 Å². The van der Waals surface area contributed by atoms with Crippen LogP contribution in [-0.2, 0) is 15.7 Å². The maximum Gasteiger partial charge on any atom is 0.574 e. The third-order valence-corrected chi connectivity index (χ3v) is 26.0. The van der Waals surface area contributed by atoms with Crippen molar-refractivity contribution in [3.05, 3.63) is 90.2 Å². The third kappa shape index (κ3) is 33.4. The predicted molar refractivity (Wildman–Crippen MR) is 507 cm³/mol. The van der Waals surface area contributed by atoms with Crippen LogP contribution in [0.15, 0.2) is 71.7 Å². The van der Waals surface area contributed by atoms with Gasteiger partial charge in [0.25, 0.3) is 11.8 Å². The van der Waals surface area contributed by atoms with Gasteiger partial charge in [-0.05, 0) is 179 Å². The first-order valence-electron chi connectivity index (χ1n) is 49.0. The number of nitrogens with zero attached hydrogens (tertiary/aromatic N) is 20. The number of anilines is 10. The number of alkyl halides is 18. The molecule has 9 saturated carbocycles. The molecule has 4 atom stereocenters. The second kappa shape index (κ2) is 46.4. The molecule has 9 aliphatic rings. The number of aromatic amines is 1. The number of nitrogens with one attached hydrogen (secondary N) is 11. The Hall–Kier alpha value is -12.6. The van der Waals surface area contributed by atoms with Gasteiger partial charge in [0.05, 0.1) is 31.6 Å². The Morgan fingerprint density at radius 1 is 0.388 bits per heavy atom. The zero-order chi connectivity index (χ0) is 105. The van der Waals surface area contributed by atoms with Gasteiger partial charge in [-0.2, -0.15) is 93.0 Å². The number of halogens is 18. The maximum atomic E-state index is 13.5. The first-order valence-corrected chi connectivity index (χ1v) is 49.0. The number of hydrogen-bond donors (Lipinski definition) is 11. The molecule has 53 heteroatoms. The highest BCUT2D eigenvalue weighted by molar-refractivity contribution is 5.62. The Morgan fingerprint density at radius 3 is 1.12 bits per heavy atom. The average Bonchev–Trinajstić information content (AvgIpc) is 1.31. The lowest BCUT2D eigenvalue weighted by Gasteiger charge is -2.36. The van der Waals surface area contributed by atoms with Crippen molar-refractivity contribution in [1.29, 1.82) is 0 Å². The number of ether oxygens (including phenoxy) is 3. The quantitative estimate of drug-likeness (QED) is 0.0132. The molecule has 9 aliphatic carbocycles. The first kappa shape index (κ1) is 109. The number of pyridine rings is 3. The molecule has 147 heavy (non-hydrogen) atoms. The molecule has 10 heterocycles. The van der Waals surface area contributed by atoms with Crippen LogP contribution in [-0.4, -0.2) is 234 Å². The lowest BCUT2D eigenvalue weighted by molar-refractivity contribution is -0.276. The fraction of sp³-hybridized carbons (Fsp3) is 0.617. The van der Waals surface area contributed by atoms with Crippen LogP contribution in [0, 0.1) is 38.5 Å².